The summed E-state index contributed by atoms with van der Waals surface area (Å²) in [5.41, 5.74) is 2.81. The molecule has 1 amide bonds. The molecule has 3 heterocycles. The zero-order valence-corrected chi connectivity index (χ0v) is 39.6. The van der Waals surface area contributed by atoms with Crippen LogP contribution >= 0.6 is 0 Å². The van der Waals surface area contributed by atoms with Gasteiger partial charge in [0.2, 0.25) is 0 Å². The third-order valence-electron chi connectivity index (χ3n) is 10.8. The molecule has 1 N–H and O–H groups in total. The van der Waals surface area contributed by atoms with E-state index in [0.717, 1.165) is 18.2 Å². The van der Waals surface area contributed by atoms with Crippen molar-refractivity contribution < 1.29 is 60.7 Å². The lowest BCUT2D eigenvalue weighted by Crippen LogP contribution is -2.46. The zero-order valence-electron chi connectivity index (χ0n) is 39.6. The fourth-order valence-electron chi connectivity index (χ4n) is 7.01. The third kappa shape index (κ3) is 20.7. The number of carbonyl (C=O) groups excluding carboxylic acids is 2. The molecule has 16 nitrogen and oxygen atoms in total. The molecule has 19 heteroatoms. The number of alkyl halides is 3. The van der Waals surface area contributed by atoms with Crippen LogP contribution in [0, 0.1) is 18.8 Å². The molecule has 0 spiro atoms. The molecule has 1 aliphatic heterocycles. The van der Waals surface area contributed by atoms with E-state index in [-0.39, 0.29) is 43.1 Å². The first kappa shape index (κ1) is 54.7. The number of piperazine rings is 1. The Bertz CT molecular complexity index is 2240. The Morgan fingerprint density at radius 1 is 0.768 bits per heavy atom. The SMILES string of the molecule is COCCOCCOC/C=C/COCCOCCOCCOCCOC(=O)NCCCN1CCN(Cc2ccc(CC(=O)c3ccc(C)c(C#Cc4cnc5cccnn45)c3)cc2C(F)(F)F)CC1. The van der Waals surface area contributed by atoms with Crippen LogP contribution < -0.4 is 5.32 Å². The molecule has 4 aromatic rings. The van der Waals surface area contributed by atoms with Crippen molar-refractivity contribution in [1.82, 2.24) is 29.7 Å². The van der Waals surface area contributed by atoms with Gasteiger partial charge in [0.1, 0.15) is 12.3 Å². The van der Waals surface area contributed by atoms with E-state index >= 15 is 0 Å². The van der Waals surface area contributed by atoms with Crippen LogP contribution in [0.5, 0.6) is 0 Å². The number of amides is 1. The molecule has 2 aromatic carbocycles. The summed E-state index contributed by atoms with van der Waals surface area (Å²) in [5.74, 6) is 5.85. The van der Waals surface area contributed by atoms with Gasteiger partial charge in [-0.25, -0.2) is 14.3 Å². The second kappa shape index (κ2) is 31.1. The number of methoxy groups -OCH3 is 1. The number of Topliss-reactive ketones (excluding diaryl/α,β-unsaturated/α-hetero) is 1. The first-order valence-corrected chi connectivity index (χ1v) is 23.2. The van der Waals surface area contributed by atoms with Gasteiger partial charge in [-0.1, -0.05) is 42.3 Å². The fraction of sp³-hybridized carbons (Fsp3) is 0.520. The van der Waals surface area contributed by atoms with Crippen LogP contribution in [-0.2, 0) is 57.0 Å². The van der Waals surface area contributed by atoms with Gasteiger partial charge in [0.05, 0.1) is 97.6 Å². The number of halogens is 3. The quantitative estimate of drug-likeness (QED) is 0.0295. The highest BCUT2D eigenvalue weighted by atomic mass is 19.4. The van der Waals surface area contributed by atoms with Crippen LogP contribution in [0.2, 0.25) is 0 Å². The maximum absolute atomic E-state index is 14.4. The average Bonchev–Trinajstić information content (AvgIpc) is 3.76. The van der Waals surface area contributed by atoms with Crippen molar-refractivity contribution in [3.05, 3.63) is 112 Å². The molecule has 69 heavy (non-hydrogen) atoms. The molecular weight excluding hydrogens is 902 g/mol. The number of alkyl carbamates (subject to hydrolysis) is 1. The number of fused-ring (bicyclic) bond motifs is 1. The molecule has 1 aliphatic rings. The third-order valence-corrected chi connectivity index (χ3v) is 10.8. The number of nitrogens with one attached hydrogen (secondary N) is 1. The number of hydrogen-bond donors (Lipinski definition) is 1. The number of nitrogens with zero attached hydrogens (tertiary/aromatic N) is 5. The van der Waals surface area contributed by atoms with Crippen molar-refractivity contribution >= 4 is 17.5 Å². The van der Waals surface area contributed by atoms with Crippen molar-refractivity contribution in [2.45, 2.75) is 32.5 Å². The Morgan fingerprint density at radius 2 is 1.41 bits per heavy atom. The number of hydrogen-bond acceptors (Lipinski definition) is 14. The van der Waals surface area contributed by atoms with E-state index in [1.54, 1.807) is 54.4 Å². The lowest BCUT2D eigenvalue weighted by molar-refractivity contribution is -0.138. The Hall–Kier alpha value is -5.27. The summed E-state index contributed by atoms with van der Waals surface area (Å²) in [7, 11) is 1.63. The van der Waals surface area contributed by atoms with E-state index < -0.39 is 17.8 Å². The van der Waals surface area contributed by atoms with Crippen LogP contribution in [0.4, 0.5) is 18.0 Å². The highest BCUT2D eigenvalue weighted by Crippen LogP contribution is 2.34. The number of ether oxygens (including phenoxy) is 8. The van der Waals surface area contributed by atoms with Crippen molar-refractivity contribution in [1.29, 1.82) is 0 Å². The van der Waals surface area contributed by atoms with Gasteiger partial charge < -0.3 is 48.1 Å². The summed E-state index contributed by atoms with van der Waals surface area (Å²) >= 11 is 0. The number of benzene rings is 2. The second-order valence-corrected chi connectivity index (χ2v) is 15.9. The zero-order chi connectivity index (χ0) is 48.9. The van der Waals surface area contributed by atoms with Gasteiger partial charge >= 0.3 is 12.3 Å². The molecule has 5 rings (SSSR count). The second-order valence-electron chi connectivity index (χ2n) is 15.9. The Labute approximate surface area is 402 Å². The number of imidazole rings is 1. The van der Waals surface area contributed by atoms with E-state index in [2.05, 4.69) is 32.1 Å². The summed E-state index contributed by atoms with van der Waals surface area (Å²) in [6.07, 6.45) is 2.44. The summed E-state index contributed by atoms with van der Waals surface area (Å²) in [6, 6.07) is 12.9. The largest absolute Gasteiger partial charge is 0.447 e. The van der Waals surface area contributed by atoms with E-state index in [0.29, 0.717) is 141 Å². The smallest absolute Gasteiger partial charge is 0.416 e. The van der Waals surface area contributed by atoms with Crippen LogP contribution in [0.15, 0.2) is 73.1 Å². The lowest BCUT2D eigenvalue weighted by atomic mass is 9.96. The number of carbonyl (C=O) groups is 2. The highest BCUT2D eigenvalue weighted by molar-refractivity contribution is 5.98. The maximum Gasteiger partial charge on any atom is 0.416 e. The van der Waals surface area contributed by atoms with E-state index in [4.69, 9.17) is 37.9 Å². The Kier molecular flexibility index (Phi) is 24.6. The summed E-state index contributed by atoms with van der Waals surface area (Å²) < 4.78 is 87.5. The standard InChI is InChI=1S/C50H65F3N6O10/c1-40-8-10-43(37-42(40)12-13-45-38-55-48-7-5-15-56-59(45)48)47(60)36-41-9-11-44(46(35-41)50(51,52)53)39-58-19-17-57(18-20-58)16-6-14-54-49(61)69-34-33-68-32-31-67-30-29-66-28-26-64-22-4-3-21-63-25-27-65-24-23-62-2/h3-5,7-11,15,35,37-38H,6,14,16-34,36,39H2,1-2H3,(H,54,61)/b4-3+. The van der Waals surface area contributed by atoms with Gasteiger partial charge in [-0.3, -0.25) is 9.69 Å². The maximum atomic E-state index is 14.4. The van der Waals surface area contributed by atoms with E-state index in [1.165, 1.54) is 6.07 Å². The molecule has 376 valence electrons. The first-order chi connectivity index (χ1) is 33.6. The van der Waals surface area contributed by atoms with Gasteiger partial charge in [-0.2, -0.15) is 18.3 Å². The van der Waals surface area contributed by atoms with Gasteiger partial charge in [0.25, 0.3) is 0 Å². The average molecular weight is 967 g/mol. The van der Waals surface area contributed by atoms with Gasteiger partial charge in [0.15, 0.2) is 11.4 Å². The van der Waals surface area contributed by atoms with Gasteiger partial charge in [-0.15, -0.1) is 0 Å². The summed E-state index contributed by atoms with van der Waals surface area (Å²) in [4.78, 5) is 34.0. The van der Waals surface area contributed by atoms with E-state index in [9.17, 15) is 22.8 Å². The van der Waals surface area contributed by atoms with Crippen LogP contribution in [0.25, 0.3) is 5.65 Å². The first-order valence-electron chi connectivity index (χ1n) is 23.2. The molecule has 0 bridgehead atoms. The lowest BCUT2D eigenvalue weighted by Gasteiger charge is -2.35. The molecule has 0 atom stereocenters. The normalized spacial score (nSPS) is 13.5. The number of aromatic nitrogens is 3. The van der Waals surface area contributed by atoms with Crippen molar-refractivity contribution in [2.24, 2.45) is 0 Å². The minimum atomic E-state index is -4.59. The summed E-state index contributed by atoms with van der Waals surface area (Å²) in [5, 5.41) is 7.01. The predicted molar refractivity (Wildman–Crippen MR) is 251 cm³/mol. The van der Waals surface area contributed by atoms with Gasteiger partial charge in [0, 0.05) is 70.1 Å². The van der Waals surface area contributed by atoms with Gasteiger partial charge in [-0.05, 0) is 66.8 Å². The van der Waals surface area contributed by atoms with Crippen molar-refractivity contribution in [3.8, 4) is 11.8 Å². The number of ketones is 1. The number of rotatable bonds is 31. The van der Waals surface area contributed by atoms with Crippen molar-refractivity contribution in [2.75, 3.05) is 139 Å². The summed E-state index contributed by atoms with van der Waals surface area (Å²) in [6.45, 7) is 11.8. The molecule has 0 radical (unpaired) electrons. The Morgan fingerprint density at radius 3 is 2.07 bits per heavy atom. The molecule has 1 saturated heterocycles. The molecule has 0 unspecified atom stereocenters. The minimum absolute atomic E-state index is 0.107. The molecular formula is C50H65F3N6O10. The van der Waals surface area contributed by atoms with Crippen LogP contribution in [0.1, 0.15) is 50.3 Å². The topological polar surface area (TPSA) is 157 Å². The molecule has 1 fully saturated rings. The molecule has 0 saturated carbocycles. The highest BCUT2D eigenvalue weighted by Gasteiger charge is 2.34. The Balaban J connectivity index is 0.874. The van der Waals surface area contributed by atoms with Crippen molar-refractivity contribution in [3.63, 3.8) is 0 Å². The number of aryl methyl sites for hydroxylation is 1. The predicted octanol–water partition coefficient (Wildman–Crippen LogP) is 5.42. The minimum Gasteiger partial charge on any atom is -0.447 e. The molecule has 0 aliphatic carbocycles. The van der Waals surface area contributed by atoms with E-state index in [1.807, 2.05) is 30.0 Å². The monoisotopic (exact) mass is 966 g/mol. The molecule has 2 aromatic heterocycles. The van der Waals surface area contributed by atoms with Crippen LogP contribution in [-0.4, -0.2) is 175 Å². The fourth-order valence-corrected chi connectivity index (χ4v) is 7.01. The van der Waals surface area contributed by atoms with Crippen LogP contribution in [0.3, 0.4) is 0 Å².